The van der Waals surface area contributed by atoms with Gasteiger partial charge >= 0.3 is 0 Å². The Balaban J connectivity index is 2.00. The number of rotatable bonds is 2. The first-order chi connectivity index (χ1) is 7.51. The van der Waals surface area contributed by atoms with Crippen LogP contribution < -0.4 is 0 Å². The molecule has 0 radical (unpaired) electrons. The van der Waals surface area contributed by atoms with Crippen LogP contribution in [0.1, 0.15) is 33.6 Å². The average molecular weight is 227 g/mol. The quantitative estimate of drug-likeness (QED) is 0.719. The van der Waals surface area contributed by atoms with Crippen molar-refractivity contribution in [3.8, 4) is 0 Å². The minimum absolute atomic E-state index is 0.132. The maximum atomic E-state index is 12.8. The van der Waals surface area contributed by atoms with Crippen LogP contribution in [0.2, 0.25) is 0 Å². The number of hydrogen-bond acceptors (Lipinski definition) is 2. The van der Waals surface area contributed by atoms with Gasteiger partial charge in [0.15, 0.2) is 0 Å². The van der Waals surface area contributed by atoms with Crippen LogP contribution in [0.15, 0.2) is 11.9 Å². The van der Waals surface area contributed by atoms with Gasteiger partial charge in [-0.05, 0) is 45.7 Å². The molecule has 3 heteroatoms. The molecule has 2 aliphatic rings. The molecule has 2 fully saturated rings. The molecule has 0 bridgehead atoms. The lowest BCUT2D eigenvalue weighted by molar-refractivity contribution is -0.0213. The number of halogens is 1. The predicted molar refractivity (Wildman–Crippen MR) is 63.0 cm³/mol. The van der Waals surface area contributed by atoms with E-state index in [1.165, 1.54) is 12.8 Å². The highest BCUT2D eigenvalue weighted by molar-refractivity contribution is 5.17. The van der Waals surface area contributed by atoms with E-state index < -0.39 is 0 Å². The monoisotopic (exact) mass is 227 g/mol. The number of hydrogen-bond donors (Lipinski definition) is 0. The first-order valence-electron chi connectivity index (χ1n) is 6.18. The van der Waals surface area contributed by atoms with Crippen LogP contribution >= 0.6 is 0 Å². The van der Waals surface area contributed by atoms with Crippen LogP contribution in [0, 0.1) is 5.92 Å². The molecule has 2 atom stereocenters. The molecule has 0 aromatic rings. The zero-order valence-corrected chi connectivity index (χ0v) is 10.5. The molecule has 2 aliphatic heterocycles. The van der Waals surface area contributed by atoms with E-state index >= 15 is 0 Å². The second-order valence-electron chi connectivity index (χ2n) is 5.89. The lowest BCUT2D eigenvalue weighted by Gasteiger charge is -2.25. The summed E-state index contributed by atoms with van der Waals surface area (Å²) in [5.74, 6) is 0.270. The van der Waals surface area contributed by atoms with E-state index in [2.05, 4.69) is 4.90 Å². The third-order valence-electron chi connectivity index (χ3n) is 3.58. The molecule has 2 nitrogen and oxygen atoms in total. The van der Waals surface area contributed by atoms with Crippen LogP contribution in [0.4, 0.5) is 4.39 Å². The fraction of sp³-hybridized carbons (Fsp3) is 0.846. The van der Waals surface area contributed by atoms with Crippen molar-refractivity contribution in [3.05, 3.63) is 11.9 Å². The van der Waals surface area contributed by atoms with Crippen LogP contribution in [0.25, 0.3) is 0 Å². The van der Waals surface area contributed by atoms with Crippen LogP contribution in [-0.2, 0) is 4.74 Å². The Morgan fingerprint density at radius 2 is 2.25 bits per heavy atom. The van der Waals surface area contributed by atoms with Crippen molar-refractivity contribution >= 4 is 0 Å². The summed E-state index contributed by atoms with van der Waals surface area (Å²) in [6.45, 7) is 8.72. The van der Waals surface area contributed by atoms with Gasteiger partial charge in [-0.1, -0.05) is 0 Å². The average Bonchev–Trinajstić information content (AvgIpc) is 2.72. The summed E-state index contributed by atoms with van der Waals surface area (Å²) in [5, 5.41) is 0. The van der Waals surface area contributed by atoms with Crippen molar-refractivity contribution < 1.29 is 9.13 Å². The first-order valence-corrected chi connectivity index (χ1v) is 6.18. The summed E-state index contributed by atoms with van der Waals surface area (Å²) < 4.78 is 18.7. The van der Waals surface area contributed by atoms with Crippen molar-refractivity contribution in [2.45, 2.75) is 45.3 Å². The van der Waals surface area contributed by atoms with Crippen LogP contribution in [-0.4, -0.2) is 36.2 Å². The highest BCUT2D eigenvalue weighted by Gasteiger charge is 2.41. The third kappa shape index (κ3) is 2.46. The first kappa shape index (κ1) is 12.1. The smallest absolute Gasteiger partial charge is 0.0876 e. The number of fused-ring (bicyclic) bond motifs is 1. The zero-order chi connectivity index (χ0) is 11.8. The third-order valence-corrected chi connectivity index (χ3v) is 3.58. The Hall–Kier alpha value is -0.410. The van der Waals surface area contributed by atoms with Gasteiger partial charge in [-0.2, -0.15) is 0 Å². The zero-order valence-electron chi connectivity index (χ0n) is 10.5. The molecule has 2 heterocycles. The van der Waals surface area contributed by atoms with E-state index in [0.29, 0.717) is 12.6 Å². The highest BCUT2D eigenvalue weighted by Crippen LogP contribution is 2.37. The maximum Gasteiger partial charge on any atom is 0.0876 e. The molecule has 0 aliphatic carbocycles. The molecular formula is C13H22FNO. The molecule has 0 N–H and O–H groups in total. The molecule has 92 valence electrons. The van der Waals surface area contributed by atoms with Crippen molar-refractivity contribution in [1.29, 1.82) is 0 Å². The maximum absolute atomic E-state index is 12.8. The van der Waals surface area contributed by atoms with E-state index in [1.54, 1.807) is 0 Å². The van der Waals surface area contributed by atoms with Gasteiger partial charge in [-0.3, -0.25) is 4.90 Å². The van der Waals surface area contributed by atoms with Gasteiger partial charge in [-0.25, -0.2) is 4.39 Å². The Bertz CT molecular complexity index is 282. The molecule has 16 heavy (non-hydrogen) atoms. The van der Waals surface area contributed by atoms with E-state index in [-0.39, 0.29) is 11.5 Å². The molecule has 0 amide bonds. The molecule has 1 unspecified atom stereocenters. The molecule has 2 saturated heterocycles. The largest absolute Gasteiger partial charge is 0.375 e. The fourth-order valence-electron chi connectivity index (χ4n) is 2.78. The molecule has 0 spiro atoms. The molecule has 0 aromatic heterocycles. The second-order valence-corrected chi connectivity index (χ2v) is 5.89. The normalized spacial score (nSPS) is 33.6. The van der Waals surface area contributed by atoms with Gasteiger partial charge in [-0.15, -0.1) is 0 Å². The fourth-order valence-corrected chi connectivity index (χ4v) is 2.78. The molecule has 0 saturated carbocycles. The Labute approximate surface area is 97.5 Å². The standard InChI is InChI=1S/C13H22FNO/c1-13(2,3)16-9-11-10(7-14)8-15-6-4-5-12(11)15/h7,11-12H,4-6,8-9H2,1-3H3/b10-7-/t11-,12?/m1/s1. The summed E-state index contributed by atoms with van der Waals surface area (Å²) in [6.07, 6.45) is 3.24. The second kappa shape index (κ2) is 4.46. The Morgan fingerprint density at radius 3 is 2.88 bits per heavy atom. The minimum Gasteiger partial charge on any atom is -0.375 e. The Kier molecular flexibility index (Phi) is 3.36. The van der Waals surface area contributed by atoms with Gasteiger partial charge in [0.05, 0.1) is 18.5 Å². The Morgan fingerprint density at radius 1 is 1.50 bits per heavy atom. The van der Waals surface area contributed by atoms with Crippen molar-refractivity contribution in [1.82, 2.24) is 4.90 Å². The topological polar surface area (TPSA) is 12.5 Å². The van der Waals surface area contributed by atoms with Gasteiger partial charge in [0.25, 0.3) is 0 Å². The van der Waals surface area contributed by atoms with Crippen molar-refractivity contribution in [3.63, 3.8) is 0 Å². The summed E-state index contributed by atoms with van der Waals surface area (Å²) >= 11 is 0. The minimum atomic E-state index is -0.132. The van der Waals surface area contributed by atoms with Gasteiger partial charge in [0.2, 0.25) is 0 Å². The summed E-state index contributed by atoms with van der Waals surface area (Å²) in [6, 6.07) is 0.518. The summed E-state index contributed by atoms with van der Waals surface area (Å²) in [4.78, 5) is 2.39. The van der Waals surface area contributed by atoms with E-state index in [4.69, 9.17) is 4.74 Å². The highest BCUT2D eigenvalue weighted by atomic mass is 19.1. The van der Waals surface area contributed by atoms with E-state index in [0.717, 1.165) is 25.0 Å². The predicted octanol–water partition coefficient (Wildman–Crippen LogP) is 2.75. The summed E-state index contributed by atoms with van der Waals surface area (Å²) in [7, 11) is 0. The lowest BCUT2D eigenvalue weighted by Crippen LogP contribution is -2.31. The number of nitrogens with zero attached hydrogens (tertiary/aromatic N) is 1. The SMILES string of the molecule is CC(C)(C)OC[C@@H]1/C(=C\F)CN2CCCC12. The van der Waals surface area contributed by atoms with Crippen LogP contribution in [0.5, 0.6) is 0 Å². The van der Waals surface area contributed by atoms with Crippen molar-refractivity contribution in [2.75, 3.05) is 19.7 Å². The van der Waals surface area contributed by atoms with Gasteiger partial charge in [0, 0.05) is 18.5 Å². The number of ether oxygens (including phenoxy) is 1. The van der Waals surface area contributed by atoms with E-state index in [9.17, 15) is 4.39 Å². The molecule has 0 aromatic carbocycles. The molecular weight excluding hydrogens is 205 g/mol. The lowest BCUT2D eigenvalue weighted by atomic mass is 9.95. The van der Waals surface area contributed by atoms with Crippen LogP contribution in [0.3, 0.4) is 0 Å². The molecule has 2 rings (SSSR count). The van der Waals surface area contributed by atoms with E-state index in [1.807, 2.05) is 20.8 Å². The summed E-state index contributed by atoms with van der Waals surface area (Å²) in [5.41, 5.74) is 0.793. The van der Waals surface area contributed by atoms with Gasteiger partial charge < -0.3 is 4.74 Å². The van der Waals surface area contributed by atoms with Gasteiger partial charge in [0.1, 0.15) is 0 Å². The van der Waals surface area contributed by atoms with Crippen molar-refractivity contribution in [2.24, 2.45) is 5.92 Å².